The van der Waals surface area contributed by atoms with E-state index in [4.69, 9.17) is 13.9 Å². The number of carbonyl (C=O) groups is 1. The van der Waals surface area contributed by atoms with Crippen molar-refractivity contribution in [3.05, 3.63) is 58.7 Å². The first-order valence-electron chi connectivity index (χ1n) is 14.9. The molecule has 3 atom stereocenters. The van der Waals surface area contributed by atoms with Gasteiger partial charge in [0.05, 0.1) is 19.3 Å². The van der Waals surface area contributed by atoms with Gasteiger partial charge in [-0.2, -0.15) is 0 Å². The molecule has 4 nitrogen and oxygen atoms in total. The van der Waals surface area contributed by atoms with Gasteiger partial charge in [-0.3, -0.25) is 0 Å². The third-order valence-corrected chi connectivity index (χ3v) is 13.7. The monoisotopic (exact) mass is 552 g/mol. The fourth-order valence-corrected chi connectivity index (χ4v) is 7.44. The van der Waals surface area contributed by atoms with Gasteiger partial charge >= 0.3 is 5.97 Å². The van der Waals surface area contributed by atoms with Crippen LogP contribution < -0.4 is 4.74 Å². The molecular weight excluding hydrogens is 500 g/mol. The highest BCUT2D eigenvalue weighted by Gasteiger charge is 2.60. The number of carbonyl (C=O) groups excluding carboxylic acids is 1. The number of ether oxygens (including phenoxy) is 2. The highest BCUT2D eigenvalue weighted by Crippen LogP contribution is 2.61. The van der Waals surface area contributed by atoms with E-state index in [9.17, 15) is 4.79 Å². The van der Waals surface area contributed by atoms with Crippen LogP contribution in [0.2, 0.25) is 18.1 Å². The summed E-state index contributed by atoms with van der Waals surface area (Å²) < 4.78 is 18.7. The standard InChI is InChI=1S/C34H52O4Si/c1-11-13-21-37-29-24-28-27(23-26(29)18-15-14-17-25(3)22-30(35)36-12-2)33(7)19-16-20-34(28,8)31(33)38-39(9,10)32(4,5)6/h14-15,17-18,22-24,31H,11-13,16,19-21H2,1-10H3/b17-14+,18-15+,25-22+. The summed E-state index contributed by atoms with van der Waals surface area (Å²) in [5, 5.41) is 0.164. The SMILES string of the molecule is CCCCOc1cc2c(cc1/C=C/C=C/C(C)=C/C(=O)OCC)C1(C)CCCC2(C)C1O[Si](C)(C)C(C)(C)C. The minimum absolute atomic E-state index is 0.0160. The molecule has 5 heteroatoms. The maximum atomic E-state index is 11.7. The quantitative estimate of drug-likeness (QED) is 0.0903. The van der Waals surface area contributed by atoms with Gasteiger partial charge in [-0.1, -0.05) is 78.7 Å². The van der Waals surface area contributed by atoms with Gasteiger partial charge in [-0.15, -0.1) is 0 Å². The number of hydrogen-bond donors (Lipinski definition) is 0. The fourth-order valence-electron chi connectivity index (χ4n) is 5.98. The average molecular weight is 553 g/mol. The van der Waals surface area contributed by atoms with E-state index in [1.807, 2.05) is 32.1 Å². The largest absolute Gasteiger partial charge is 0.493 e. The van der Waals surface area contributed by atoms with Crippen LogP contribution in [0.5, 0.6) is 5.75 Å². The third kappa shape index (κ3) is 6.62. The molecule has 2 aliphatic rings. The van der Waals surface area contributed by atoms with Crippen LogP contribution in [0.25, 0.3) is 6.08 Å². The average Bonchev–Trinajstić information content (AvgIpc) is 2.92. The molecule has 0 aliphatic heterocycles. The smallest absolute Gasteiger partial charge is 0.330 e. The van der Waals surface area contributed by atoms with Crippen LogP contribution in [-0.4, -0.2) is 33.6 Å². The lowest BCUT2D eigenvalue weighted by molar-refractivity contribution is -0.137. The summed E-state index contributed by atoms with van der Waals surface area (Å²) in [6.07, 6.45) is 15.4. The van der Waals surface area contributed by atoms with Gasteiger partial charge in [0.2, 0.25) is 0 Å². The van der Waals surface area contributed by atoms with Crippen molar-refractivity contribution in [3.8, 4) is 5.75 Å². The number of esters is 1. The van der Waals surface area contributed by atoms with Crippen LogP contribution in [0, 0.1) is 0 Å². The summed E-state index contributed by atoms with van der Waals surface area (Å²) in [5.74, 6) is 0.644. The van der Waals surface area contributed by atoms with Crippen LogP contribution in [0.3, 0.4) is 0 Å². The summed E-state index contributed by atoms with van der Waals surface area (Å²) >= 11 is 0. The van der Waals surface area contributed by atoms with Gasteiger partial charge in [-0.25, -0.2) is 4.79 Å². The molecule has 3 unspecified atom stereocenters. The Hall–Kier alpha value is -2.11. The number of unbranched alkanes of at least 4 members (excludes halogenated alkanes) is 1. The highest BCUT2D eigenvalue weighted by molar-refractivity contribution is 6.74. The number of rotatable bonds is 11. The molecule has 0 amide bonds. The Morgan fingerprint density at radius 1 is 1.08 bits per heavy atom. The molecule has 0 N–H and O–H groups in total. The molecule has 1 aromatic rings. The lowest BCUT2D eigenvalue weighted by Gasteiger charge is -2.50. The van der Waals surface area contributed by atoms with E-state index in [0.29, 0.717) is 13.2 Å². The minimum atomic E-state index is -1.97. The molecule has 1 saturated carbocycles. The third-order valence-electron chi connectivity index (χ3n) is 9.28. The summed E-state index contributed by atoms with van der Waals surface area (Å²) in [4.78, 5) is 11.7. The first kappa shape index (κ1) is 31.4. The molecule has 216 valence electrons. The van der Waals surface area contributed by atoms with Gasteiger partial charge in [-0.05, 0) is 80.1 Å². The lowest BCUT2D eigenvalue weighted by Crippen LogP contribution is -2.55. The van der Waals surface area contributed by atoms with E-state index in [2.05, 4.69) is 72.8 Å². The van der Waals surface area contributed by atoms with E-state index in [-0.39, 0.29) is 27.9 Å². The zero-order valence-electron chi connectivity index (χ0n) is 26.2. The Morgan fingerprint density at radius 2 is 1.72 bits per heavy atom. The van der Waals surface area contributed by atoms with Crippen molar-refractivity contribution in [2.24, 2.45) is 0 Å². The first-order chi connectivity index (χ1) is 18.2. The van der Waals surface area contributed by atoms with Crippen LogP contribution in [-0.2, 0) is 24.8 Å². The molecule has 0 radical (unpaired) electrons. The maximum Gasteiger partial charge on any atom is 0.330 e. The maximum absolute atomic E-state index is 11.7. The topological polar surface area (TPSA) is 44.8 Å². The Bertz CT molecular complexity index is 1120. The number of hydrogen-bond acceptors (Lipinski definition) is 4. The second-order valence-corrected chi connectivity index (χ2v) is 18.2. The summed E-state index contributed by atoms with van der Waals surface area (Å²) in [7, 11) is -1.97. The van der Waals surface area contributed by atoms with E-state index in [1.165, 1.54) is 23.6 Å². The molecule has 0 heterocycles. The summed E-state index contributed by atoms with van der Waals surface area (Å²) in [6, 6.07) is 4.71. The van der Waals surface area contributed by atoms with Crippen molar-refractivity contribution < 1.29 is 18.7 Å². The van der Waals surface area contributed by atoms with Gasteiger partial charge in [0.1, 0.15) is 5.75 Å². The number of fused-ring (bicyclic) bond motifs is 5. The van der Waals surface area contributed by atoms with Gasteiger partial charge in [0.25, 0.3) is 0 Å². The molecule has 0 aromatic heterocycles. The van der Waals surface area contributed by atoms with Crippen molar-refractivity contribution in [3.63, 3.8) is 0 Å². The Balaban J connectivity index is 2.01. The van der Waals surface area contributed by atoms with E-state index < -0.39 is 8.32 Å². The molecule has 2 aliphatic carbocycles. The number of benzene rings is 1. The molecule has 1 aromatic carbocycles. The summed E-state index contributed by atoms with van der Waals surface area (Å²) in [5.41, 5.74) is 4.76. The van der Waals surface area contributed by atoms with Gasteiger partial charge in [0.15, 0.2) is 8.32 Å². The Labute approximate surface area is 239 Å². The van der Waals surface area contributed by atoms with E-state index in [0.717, 1.165) is 42.6 Å². The molecule has 39 heavy (non-hydrogen) atoms. The van der Waals surface area contributed by atoms with Crippen molar-refractivity contribution >= 4 is 20.4 Å². The fraction of sp³-hybridized carbons (Fsp3) is 0.618. The highest BCUT2D eigenvalue weighted by atomic mass is 28.4. The van der Waals surface area contributed by atoms with Gasteiger partial charge < -0.3 is 13.9 Å². The van der Waals surface area contributed by atoms with E-state index >= 15 is 0 Å². The molecule has 0 saturated heterocycles. The first-order valence-corrected chi connectivity index (χ1v) is 17.8. The van der Waals surface area contributed by atoms with Crippen molar-refractivity contribution in [1.29, 1.82) is 0 Å². The second-order valence-electron chi connectivity index (χ2n) is 13.4. The molecule has 3 rings (SSSR count). The number of allylic oxidation sites excluding steroid dienone is 4. The van der Waals surface area contributed by atoms with Crippen molar-refractivity contribution in [2.45, 2.75) is 123 Å². The predicted molar refractivity (Wildman–Crippen MR) is 166 cm³/mol. The summed E-state index contributed by atoms with van der Waals surface area (Å²) in [6.45, 7) is 23.6. The van der Waals surface area contributed by atoms with Crippen LogP contribution >= 0.6 is 0 Å². The Morgan fingerprint density at radius 3 is 2.31 bits per heavy atom. The normalized spacial score (nSPS) is 25.4. The van der Waals surface area contributed by atoms with Crippen molar-refractivity contribution in [1.82, 2.24) is 0 Å². The zero-order chi connectivity index (χ0) is 29.1. The van der Waals surface area contributed by atoms with Crippen LogP contribution in [0.4, 0.5) is 0 Å². The minimum Gasteiger partial charge on any atom is -0.493 e. The Kier molecular flexibility index (Phi) is 9.81. The van der Waals surface area contributed by atoms with Gasteiger partial charge in [0, 0.05) is 22.5 Å². The van der Waals surface area contributed by atoms with Crippen LogP contribution in [0.15, 0.2) is 42.0 Å². The molecule has 0 spiro atoms. The van der Waals surface area contributed by atoms with Crippen LogP contribution in [0.1, 0.15) is 104 Å². The van der Waals surface area contributed by atoms with Crippen molar-refractivity contribution in [2.75, 3.05) is 13.2 Å². The second kappa shape index (κ2) is 12.2. The molecule has 1 fully saturated rings. The zero-order valence-corrected chi connectivity index (χ0v) is 27.2. The predicted octanol–water partition coefficient (Wildman–Crippen LogP) is 9.05. The molecular formula is C34H52O4Si. The lowest BCUT2D eigenvalue weighted by atomic mass is 9.66. The van der Waals surface area contributed by atoms with E-state index in [1.54, 1.807) is 0 Å². The molecule has 2 bridgehead atoms.